The number of ketones is 1. The number of fused-ring (bicyclic) bond motifs is 1. The van der Waals surface area contributed by atoms with Crippen molar-refractivity contribution in [1.29, 1.82) is 0 Å². The Hall–Kier alpha value is -2.20. The molecule has 0 aliphatic carbocycles. The number of nitrogens with zero attached hydrogens (tertiary/aromatic N) is 1. The van der Waals surface area contributed by atoms with Crippen LogP contribution in [0.5, 0.6) is 5.75 Å². The third-order valence-corrected chi connectivity index (χ3v) is 3.19. The molecule has 19 heavy (non-hydrogen) atoms. The normalized spacial score (nSPS) is 13.1. The predicted molar refractivity (Wildman–Crippen MR) is 69.2 cm³/mol. The molecule has 0 bridgehead atoms. The van der Waals surface area contributed by atoms with Gasteiger partial charge in [0, 0.05) is 17.3 Å². The van der Waals surface area contributed by atoms with Gasteiger partial charge in [0.15, 0.2) is 5.78 Å². The second-order valence-corrected chi connectivity index (χ2v) is 4.42. The highest BCUT2D eigenvalue weighted by atomic mass is 16.5. The Morgan fingerprint density at radius 1 is 1.16 bits per heavy atom. The highest BCUT2D eigenvalue weighted by molar-refractivity contribution is 6.09. The maximum Gasteiger partial charge on any atom is 0.194 e. The number of aromatic nitrogens is 1. The molecule has 0 saturated heterocycles. The minimum atomic E-state index is -0.0545. The van der Waals surface area contributed by atoms with Gasteiger partial charge in [-0.1, -0.05) is 12.1 Å². The Bertz CT molecular complexity index is 637. The van der Waals surface area contributed by atoms with Crippen LogP contribution in [-0.2, 0) is 18.0 Å². The minimum Gasteiger partial charge on any atom is -0.495 e. The van der Waals surface area contributed by atoms with Gasteiger partial charge in [-0.05, 0) is 23.3 Å². The lowest BCUT2D eigenvalue weighted by Crippen LogP contribution is -2.03. The Labute approximate surface area is 111 Å². The van der Waals surface area contributed by atoms with Crippen molar-refractivity contribution in [2.24, 2.45) is 0 Å². The summed E-state index contributed by atoms with van der Waals surface area (Å²) in [5.74, 6) is 0.524. The topological polar surface area (TPSA) is 48.4 Å². The number of benzene rings is 1. The summed E-state index contributed by atoms with van der Waals surface area (Å²) < 4.78 is 10.4. The molecule has 1 aliphatic heterocycles. The van der Waals surface area contributed by atoms with E-state index in [0.717, 1.165) is 11.1 Å². The average Bonchev–Trinajstić information content (AvgIpc) is 2.94. The van der Waals surface area contributed by atoms with E-state index in [0.29, 0.717) is 30.1 Å². The fraction of sp³-hybridized carbons (Fsp3) is 0.200. The van der Waals surface area contributed by atoms with Gasteiger partial charge in [-0.2, -0.15) is 0 Å². The maximum atomic E-state index is 12.4. The second kappa shape index (κ2) is 4.82. The highest BCUT2D eigenvalue weighted by Gasteiger charge is 2.16. The second-order valence-electron chi connectivity index (χ2n) is 4.42. The Balaban J connectivity index is 1.95. The van der Waals surface area contributed by atoms with Crippen molar-refractivity contribution >= 4 is 5.78 Å². The van der Waals surface area contributed by atoms with E-state index in [1.807, 2.05) is 18.2 Å². The Morgan fingerprint density at radius 3 is 2.84 bits per heavy atom. The van der Waals surface area contributed by atoms with E-state index < -0.39 is 0 Å². The van der Waals surface area contributed by atoms with Crippen molar-refractivity contribution in [2.45, 2.75) is 13.2 Å². The maximum absolute atomic E-state index is 12.4. The summed E-state index contributed by atoms with van der Waals surface area (Å²) in [5.41, 5.74) is 3.42. The molecule has 0 fully saturated rings. The molecule has 0 saturated carbocycles. The molecule has 1 aromatic carbocycles. The number of hydrogen-bond acceptors (Lipinski definition) is 4. The quantitative estimate of drug-likeness (QED) is 0.790. The number of ether oxygens (including phenoxy) is 2. The largest absolute Gasteiger partial charge is 0.495 e. The summed E-state index contributed by atoms with van der Waals surface area (Å²) in [7, 11) is 1.55. The van der Waals surface area contributed by atoms with E-state index in [9.17, 15) is 4.79 Å². The number of methoxy groups -OCH3 is 1. The van der Waals surface area contributed by atoms with Gasteiger partial charge in [0.25, 0.3) is 0 Å². The molecule has 2 aromatic rings. The Morgan fingerprint density at radius 2 is 2.00 bits per heavy atom. The lowest BCUT2D eigenvalue weighted by atomic mass is 10.0. The van der Waals surface area contributed by atoms with Crippen molar-refractivity contribution in [2.75, 3.05) is 7.11 Å². The van der Waals surface area contributed by atoms with Crippen molar-refractivity contribution in [1.82, 2.24) is 4.98 Å². The molecular weight excluding hydrogens is 242 g/mol. The van der Waals surface area contributed by atoms with Crippen LogP contribution in [0.15, 0.2) is 36.7 Å². The molecule has 0 atom stereocenters. The summed E-state index contributed by atoms with van der Waals surface area (Å²) in [4.78, 5) is 16.4. The first-order valence-corrected chi connectivity index (χ1v) is 6.01. The van der Waals surface area contributed by atoms with Crippen LogP contribution < -0.4 is 4.74 Å². The molecule has 4 heteroatoms. The average molecular weight is 255 g/mol. The molecule has 0 spiro atoms. The fourth-order valence-corrected chi connectivity index (χ4v) is 2.13. The molecule has 2 heterocycles. The van der Waals surface area contributed by atoms with Crippen molar-refractivity contribution in [3.8, 4) is 5.75 Å². The van der Waals surface area contributed by atoms with Gasteiger partial charge in [-0.25, -0.2) is 0 Å². The molecule has 1 aromatic heterocycles. The van der Waals surface area contributed by atoms with E-state index in [-0.39, 0.29) is 5.78 Å². The number of rotatable bonds is 3. The van der Waals surface area contributed by atoms with Gasteiger partial charge in [-0.3, -0.25) is 9.78 Å². The smallest absolute Gasteiger partial charge is 0.194 e. The van der Waals surface area contributed by atoms with Crippen LogP contribution in [0.25, 0.3) is 0 Å². The monoisotopic (exact) mass is 255 g/mol. The molecular formula is C15H13NO3. The third kappa shape index (κ3) is 2.22. The van der Waals surface area contributed by atoms with Crippen molar-refractivity contribution in [3.05, 3.63) is 58.9 Å². The van der Waals surface area contributed by atoms with Crippen LogP contribution in [-0.4, -0.2) is 17.9 Å². The number of pyridine rings is 1. The van der Waals surface area contributed by atoms with Crippen LogP contribution in [0.2, 0.25) is 0 Å². The third-order valence-electron chi connectivity index (χ3n) is 3.19. The van der Waals surface area contributed by atoms with Crippen LogP contribution in [0.4, 0.5) is 0 Å². The van der Waals surface area contributed by atoms with E-state index in [2.05, 4.69) is 4.98 Å². The van der Waals surface area contributed by atoms with E-state index in [1.54, 1.807) is 25.6 Å². The van der Waals surface area contributed by atoms with Crippen LogP contribution in [0.1, 0.15) is 27.0 Å². The Kier molecular flexibility index (Phi) is 3.01. The number of hydrogen-bond donors (Lipinski definition) is 0. The van der Waals surface area contributed by atoms with Crippen LogP contribution in [0.3, 0.4) is 0 Å². The molecule has 1 aliphatic rings. The first-order chi connectivity index (χ1) is 9.28. The van der Waals surface area contributed by atoms with Gasteiger partial charge in [0.05, 0.1) is 26.5 Å². The fourth-order valence-electron chi connectivity index (χ4n) is 2.13. The number of carbonyl (C=O) groups is 1. The lowest BCUT2D eigenvalue weighted by Gasteiger charge is -2.05. The van der Waals surface area contributed by atoms with Crippen LogP contribution >= 0.6 is 0 Å². The van der Waals surface area contributed by atoms with Crippen LogP contribution in [0, 0.1) is 0 Å². The molecule has 0 amide bonds. The molecule has 0 N–H and O–H groups in total. The predicted octanol–water partition coefficient (Wildman–Crippen LogP) is 2.35. The van der Waals surface area contributed by atoms with Gasteiger partial charge in [0.2, 0.25) is 0 Å². The first-order valence-electron chi connectivity index (χ1n) is 6.01. The molecule has 0 radical (unpaired) electrons. The zero-order valence-corrected chi connectivity index (χ0v) is 10.6. The lowest BCUT2D eigenvalue weighted by molar-refractivity contribution is 0.103. The SMILES string of the molecule is COc1cncc(C(=O)c2ccc3c(c2)COC3)c1. The first kappa shape index (κ1) is 11.9. The summed E-state index contributed by atoms with van der Waals surface area (Å²) in [6.07, 6.45) is 3.13. The standard InChI is InChI=1S/C15H13NO3/c1-18-14-5-12(6-16-7-14)15(17)10-2-3-11-8-19-9-13(11)4-10/h2-7H,8-9H2,1H3. The van der Waals surface area contributed by atoms with E-state index in [4.69, 9.17) is 9.47 Å². The summed E-state index contributed by atoms with van der Waals surface area (Å²) in [6, 6.07) is 7.36. The highest BCUT2D eigenvalue weighted by Crippen LogP contribution is 2.22. The van der Waals surface area contributed by atoms with Gasteiger partial charge >= 0.3 is 0 Å². The van der Waals surface area contributed by atoms with Gasteiger partial charge in [0.1, 0.15) is 5.75 Å². The molecule has 3 rings (SSSR count). The zero-order chi connectivity index (χ0) is 13.2. The van der Waals surface area contributed by atoms with Gasteiger partial charge < -0.3 is 9.47 Å². The van der Waals surface area contributed by atoms with Gasteiger partial charge in [-0.15, -0.1) is 0 Å². The molecule has 0 unspecified atom stereocenters. The summed E-state index contributed by atoms with van der Waals surface area (Å²) >= 11 is 0. The van der Waals surface area contributed by atoms with E-state index >= 15 is 0 Å². The molecule has 96 valence electrons. The zero-order valence-electron chi connectivity index (χ0n) is 10.6. The number of carbonyl (C=O) groups excluding carboxylic acids is 1. The minimum absolute atomic E-state index is 0.0545. The van der Waals surface area contributed by atoms with Crippen molar-refractivity contribution < 1.29 is 14.3 Å². The summed E-state index contributed by atoms with van der Waals surface area (Å²) in [6.45, 7) is 1.21. The molecule has 4 nitrogen and oxygen atoms in total. The summed E-state index contributed by atoms with van der Waals surface area (Å²) in [5, 5.41) is 0. The van der Waals surface area contributed by atoms with E-state index in [1.165, 1.54) is 0 Å². The van der Waals surface area contributed by atoms with Crippen molar-refractivity contribution in [3.63, 3.8) is 0 Å².